The third-order valence-electron chi connectivity index (χ3n) is 5.51. The molecule has 0 bridgehead atoms. The molecule has 2 fully saturated rings. The first-order chi connectivity index (χ1) is 12.4. The fourth-order valence-electron chi connectivity index (χ4n) is 3.80. The molecule has 0 aromatic heterocycles. The number of benzene rings is 1. The van der Waals surface area contributed by atoms with Gasteiger partial charge in [-0.1, -0.05) is 6.07 Å². The molecule has 1 atom stereocenters. The summed E-state index contributed by atoms with van der Waals surface area (Å²) in [7, 11) is 0. The largest absolute Gasteiger partial charge is 0.341 e. The Hall–Kier alpha value is -2.19. The average Bonchev–Trinajstić information content (AvgIpc) is 3.09. The van der Waals surface area contributed by atoms with Gasteiger partial charge in [-0.2, -0.15) is 0 Å². The Balaban J connectivity index is 0.00000261. The van der Waals surface area contributed by atoms with Crippen LogP contribution >= 0.6 is 12.4 Å². The third kappa shape index (κ3) is 4.75. The van der Waals surface area contributed by atoms with E-state index in [-0.39, 0.29) is 29.6 Å². The molecule has 1 spiro atoms. The summed E-state index contributed by atoms with van der Waals surface area (Å²) in [6.45, 7) is 5.13. The van der Waals surface area contributed by atoms with Crippen LogP contribution in [0.5, 0.6) is 0 Å². The second-order valence-electron chi connectivity index (χ2n) is 7.25. The molecule has 8 nitrogen and oxygen atoms in total. The SMILES string of the molecule is CC(NC(=O)c1cccc([N+](=O)[O-])c1)C(=O)N1CCC2(CCNC2)CC1.Cl. The molecule has 0 aliphatic carbocycles. The van der Waals surface area contributed by atoms with Gasteiger partial charge in [0.25, 0.3) is 11.6 Å². The van der Waals surface area contributed by atoms with E-state index >= 15 is 0 Å². The van der Waals surface area contributed by atoms with E-state index < -0.39 is 16.9 Å². The Morgan fingerprint density at radius 1 is 1.30 bits per heavy atom. The second kappa shape index (κ2) is 8.67. The van der Waals surface area contributed by atoms with Crippen molar-refractivity contribution < 1.29 is 14.5 Å². The summed E-state index contributed by atoms with van der Waals surface area (Å²) in [5.74, 6) is -0.590. The fourth-order valence-corrected chi connectivity index (χ4v) is 3.80. The van der Waals surface area contributed by atoms with Crippen LogP contribution in [-0.4, -0.2) is 53.9 Å². The smallest absolute Gasteiger partial charge is 0.270 e. The number of carbonyl (C=O) groups excluding carboxylic acids is 2. The van der Waals surface area contributed by atoms with Gasteiger partial charge in [-0.25, -0.2) is 0 Å². The molecule has 0 radical (unpaired) electrons. The van der Waals surface area contributed by atoms with Gasteiger partial charge >= 0.3 is 0 Å². The van der Waals surface area contributed by atoms with Crippen molar-refractivity contribution >= 4 is 29.9 Å². The van der Waals surface area contributed by atoms with Gasteiger partial charge in [-0.15, -0.1) is 12.4 Å². The molecule has 0 saturated carbocycles. The van der Waals surface area contributed by atoms with Gasteiger partial charge in [0.1, 0.15) is 6.04 Å². The van der Waals surface area contributed by atoms with Gasteiger partial charge < -0.3 is 15.5 Å². The molecular formula is C18H25ClN4O4. The minimum atomic E-state index is -0.669. The van der Waals surface area contributed by atoms with Crippen LogP contribution in [0.3, 0.4) is 0 Å². The van der Waals surface area contributed by atoms with Gasteiger partial charge in [-0.05, 0) is 44.2 Å². The number of nitrogens with zero attached hydrogens (tertiary/aromatic N) is 2. The number of nitrogens with one attached hydrogen (secondary N) is 2. The summed E-state index contributed by atoms with van der Waals surface area (Å²) < 4.78 is 0. The number of rotatable bonds is 4. The van der Waals surface area contributed by atoms with Crippen molar-refractivity contribution in [2.75, 3.05) is 26.2 Å². The molecular weight excluding hydrogens is 372 g/mol. The van der Waals surface area contributed by atoms with Crippen LogP contribution in [0.15, 0.2) is 24.3 Å². The van der Waals surface area contributed by atoms with Crippen LogP contribution in [0.25, 0.3) is 0 Å². The molecule has 1 unspecified atom stereocenters. The third-order valence-corrected chi connectivity index (χ3v) is 5.51. The van der Waals surface area contributed by atoms with Crippen molar-refractivity contribution in [3.63, 3.8) is 0 Å². The molecule has 27 heavy (non-hydrogen) atoms. The number of piperidine rings is 1. The highest BCUT2D eigenvalue weighted by molar-refractivity contribution is 5.97. The lowest BCUT2D eigenvalue weighted by Gasteiger charge is -2.39. The van der Waals surface area contributed by atoms with Crippen LogP contribution in [0.2, 0.25) is 0 Å². The van der Waals surface area contributed by atoms with Gasteiger partial charge in [0, 0.05) is 37.3 Å². The molecule has 1 aromatic carbocycles. The van der Waals surface area contributed by atoms with Crippen molar-refractivity contribution in [1.82, 2.24) is 15.5 Å². The van der Waals surface area contributed by atoms with E-state index in [0.29, 0.717) is 18.5 Å². The maximum atomic E-state index is 12.6. The minimum Gasteiger partial charge on any atom is -0.341 e. The number of nitro groups is 1. The lowest BCUT2D eigenvalue weighted by atomic mass is 9.78. The zero-order valence-electron chi connectivity index (χ0n) is 15.3. The number of hydrogen-bond acceptors (Lipinski definition) is 5. The quantitative estimate of drug-likeness (QED) is 0.595. The van der Waals surface area contributed by atoms with Crippen molar-refractivity contribution in [2.24, 2.45) is 5.41 Å². The van der Waals surface area contributed by atoms with Crippen LogP contribution in [0, 0.1) is 15.5 Å². The standard InChI is InChI=1S/C18H24N4O4.ClH/c1-13(20-16(23)14-3-2-4-15(11-14)22(25)26)17(24)21-9-6-18(7-10-21)5-8-19-12-18;/h2-4,11,13,19H,5-10,12H2,1H3,(H,20,23);1H. The number of carbonyl (C=O) groups is 2. The molecule has 1 aromatic rings. The van der Waals surface area contributed by atoms with Gasteiger partial charge in [-0.3, -0.25) is 19.7 Å². The number of hydrogen-bond donors (Lipinski definition) is 2. The van der Waals surface area contributed by atoms with Crippen molar-refractivity contribution in [2.45, 2.75) is 32.2 Å². The topological polar surface area (TPSA) is 105 Å². The maximum Gasteiger partial charge on any atom is 0.270 e. The van der Waals surface area contributed by atoms with E-state index in [9.17, 15) is 19.7 Å². The maximum absolute atomic E-state index is 12.6. The molecule has 9 heteroatoms. The minimum absolute atomic E-state index is 0. The van der Waals surface area contributed by atoms with Crippen molar-refractivity contribution in [1.29, 1.82) is 0 Å². The number of likely N-dealkylation sites (tertiary alicyclic amines) is 1. The Morgan fingerprint density at radius 2 is 2.00 bits per heavy atom. The molecule has 2 amide bonds. The molecule has 2 aliphatic rings. The molecule has 148 valence electrons. The summed E-state index contributed by atoms with van der Waals surface area (Å²) >= 11 is 0. The van der Waals surface area contributed by atoms with Gasteiger partial charge in [0.05, 0.1) is 4.92 Å². The van der Waals surface area contributed by atoms with Gasteiger partial charge in [0.2, 0.25) is 5.91 Å². The van der Waals surface area contributed by atoms with Crippen LogP contribution < -0.4 is 10.6 Å². The first-order valence-electron chi connectivity index (χ1n) is 8.95. The van der Waals surface area contributed by atoms with E-state index in [1.165, 1.54) is 24.3 Å². The fraction of sp³-hybridized carbons (Fsp3) is 0.556. The molecule has 2 heterocycles. The Labute approximate surface area is 164 Å². The predicted octanol–water partition coefficient (Wildman–Crippen LogP) is 1.74. The number of non-ortho nitro benzene ring substituents is 1. The van der Waals surface area contributed by atoms with Crippen LogP contribution in [0.4, 0.5) is 5.69 Å². The Bertz CT molecular complexity index is 711. The van der Waals surface area contributed by atoms with E-state index in [1.54, 1.807) is 6.92 Å². The van der Waals surface area contributed by atoms with Gasteiger partial charge in [0.15, 0.2) is 0 Å². The van der Waals surface area contributed by atoms with Crippen molar-refractivity contribution in [3.8, 4) is 0 Å². The van der Waals surface area contributed by atoms with Crippen LogP contribution in [0.1, 0.15) is 36.5 Å². The molecule has 2 N–H and O–H groups in total. The first-order valence-corrected chi connectivity index (χ1v) is 8.95. The Kier molecular flexibility index (Phi) is 6.78. The zero-order chi connectivity index (χ0) is 18.7. The van der Waals surface area contributed by atoms with E-state index in [0.717, 1.165) is 32.4 Å². The summed E-state index contributed by atoms with van der Waals surface area (Å²) in [5, 5.41) is 16.9. The summed E-state index contributed by atoms with van der Waals surface area (Å²) in [6, 6.07) is 4.82. The lowest BCUT2D eigenvalue weighted by Crippen LogP contribution is -2.51. The zero-order valence-corrected chi connectivity index (χ0v) is 16.1. The lowest BCUT2D eigenvalue weighted by molar-refractivity contribution is -0.384. The summed E-state index contributed by atoms with van der Waals surface area (Å²) in [6.07, 6.45) is 3.13. The van der Waals surface area contributed by atoms with E-state index in [1.807, 2.05) is 4.90 Å². The monoisotopic (exact) mass is 396 g/mol. The molecule has 2 saturated heterocycles. The van der Waals surface area contributed by atoms with Crippen LogP contribution in [-0.2, 0) is 4.79 Å². The Morgan fingerprint density at radius 3 is 2.59 bits per heavy atom. The van der Waals surface area contributed by atoms with E-state index in [2.05, 4.69) is 10.6 Å². The second-order valence-corrected chi connectivity index (χ2v) is 7.25. The predicted molar refractivity (Wildman–Crippen MR) is 103 cm³/mol. The van der Waals surface area contributed by atoms with E-state index in [4.69, 9.17) is 0 Å². The number of halogens is 1. The highest BCUT2D eigenvalue weighted by Gasteiger charge is 2.38. The summed E-state index contributed by atoms with van der Waals surface area (Å²) in [4.78, 5) is 37.0. The highest BCUT2D eigenvalue weighted by Crippen LogP contribution is 2.36. The summed E-state index contributed by atoms with van der Waals surface area (Å²) in [5.41, 5.74) is 0.350. The highest BCUT2D eigenvalue weighted by atomic mass is 35.5. The molecule has 3 rings (SSSR count). The number of nitro benzene ring substituents is 1. The van der Waals surface area contributed by atoms with Crippen molar-refractivity contribution in [3.05, 3.63) is 39.9 Å². The average molecular weight is 397 g/mol. The molecule has 2 aliphatic heterocycles. The first kappa shape index (κ1) is 21.1. The normalized spacial score (nSPS) is 19.2. The number of amides is 2.